The normalized spacial score (nSPS) is 10.4. The summed E-state index contributed by atoms with van der Waals surface area (Å²) in [6, 6.07) is 23.3. The van der Waals surface area contributed by atoms with Crippen molar-refractivity contribution >= 4 is 45.7 Å². The van der Waals surface area contributed by atoms with E-state index in [4.69, 9.17) is 0 Å². The third-order valence-electron chi connectivity index (χ3n) is 5.10. The number of hydrogen-bond donors (Lipinski definition) is 4. The van der Waals surface area contributed by atoms with Gasteiger partial charge in [-0.15, -0.1) is 11.3 Å². The number of anilines is 3. The van der Waals surface area contributed by atoms with Gasteiger partial charge in [0.2, 0.25) is 5.91 Å². The number of nitrogens with zero attached hydrogens (tertiary/aromatic N) is 1. The van der Waals surface area contributed by atoms with Crippen LogP contribution in [0.4, 0.5) is 21.3 Å². The maximum atomic E-state index is 12.4. The van der Waals surface area contributed by atoms with Gasteiger partial charge in [-0.1, -0.05) is 42.5 Å². The van der Waals surface area contributed by atoms with E-state index in [9.17, 15) is 14.4 Å². The molecule has 182 valence electrons. The third-order valence-corrected chi connectivity index (χ3v) is 5.91. The van der Waals surface area contributed by atoms with Crippen LogP contribution in [0.3, 0.4) is 0 Å². The second-order valence-electron chi connectivity index (χ2n) is 8.07. The molecule has 9 heteroatoms. The molecule has 4 N–H and O–H groups in total. The molecule has 0 aliphatic carbocycles. The van der Waals surface area contributed by atoms with E-state index in [1.165, 1.54) is 11.3 Å². The number of aryl methyl sites for hydroxylation is 1. The highest BCUT2D eigenvalue weighted by atomic mass is 32.1. The minimum absolute atomic E-state index is 0.0918. The van der Waals surface area contributed by atoms with E-state index in [1.54, 1.807) is 41.8 Å². The Morgan fingerprint density at radius 1 is 0.833 bits per heavy atom. The molecule has 0 saturated heterocycles. The van der Waals surface area contributed by atoms with Crippen molar-refractivity contribution < 1.29 is 14.4 Å². The van der Waals surface area contributed by atoms with Crippen LogP contribution in [0.15, 0.2) is 84.2 Å². The van der Waals surface area contributed by atoms with Crippen LogP contribution < -0.4 is 21.3 Å². The van der Waals surface area contributed by atoms with Crippen molar-refractivity contribution in [3.05, 3.63) is 107 Å². The van der Waals surface area contributed by atoms with E-state index >= 15 is 0 Å². The molecule has 36 heavy (non-hydrogen) atoms. The predicted molar refractivity (Wildman–Crippen MR) is 142 cm³/mol. The summed E-state index contributed by atoms with van der Waals surface area (Å²) in [5.41, 5.74) is 4.33. The molecule has 0 fully saturated rings. The lowest BCUT2D eigenvalue weighted by atomic mass is 10.2. The molecular weight excluding hydrogens is 474 g/mol. The zero-order chi connectivity index (χ0) is 25.3. The van der Waals surface area contributed by atoms with Crippen LogP contribution in [0.1, 0.15) is 27.2 Å². The van der Waals surface area contributed by atoms with Gasteiger partial charge in [-0.2, -0.15) is 0 Å². The van der Waals surface area contributed by atoms with Gasteiger partial charge in [0, 0.05) is 28.9 Å². The van der Waals surface area contributed by atoms with Gasteiger partial charge in [0.25, 0.3) is 5.91 Å². The van der Waals surface area contributed by atoms with Gasteiger partial charge in [-0.3, -0.25) is 14.9 Å². The highest BCUT2D eigenvalue weighted by Crippen LogP contribution is 2.17. The first-order valence-corrected chi connectivity index (χ1v) is 12.1. The lowest BCUT2D eigenvalue weighted by molar-refractivity contribution is -0.120. The van der Waals surface area contributed by atoms with E-state index in [0.29, 0.717) is 34.3 Å². The highest BCUT2D eigenvalue weighted by molar-refractivity contribution is 7.14. The van der Waals surface area contributed by atoms with Crippen molar-refractivity contribution in [3.63, 3.8) is 0 Å². The van der Waals surface area contributed by atoms with Crippen LogP contribution in [-0.2, 0) is 17.8 Å². The van der Waals surface area contributed by atoms with Crippen LogP contribution in [0.2, 0.25) is 0 Å². The standard InChI is InChI=1S/C27H25N5O3S/c1-18-7-5-11-21(13-18)29-26(35)30-22-12-6-8-19(14-22)16-28-24(33)15-23-17-36-27(31-23)32-25(34)20-9-3-2-4-10-20/h2-14,17H,15-16H2,1H3,(H,28,33)(H2,29,30,35)(H,31,32,34). The molecule has 1 heterocycles. The number of hydrogen-bond acceptors (Lipinski definition) is 5. The Morgan fingerprint density at radius 3 is 2.31 bits per heavy atom. The van der Waals surface area contributed by atoms with Gasteiger partial charge in [-0.25, -0.2) is 9.78 Å². The first-order chi connectivity index (χ1) is 17.4. The number of thiazole rings is 1. The summed E-state index contributed by atoms with van der Waals surface area (Å²) in [5.74, 6) is -0.446. The fourth-order valence-electron chi connectivity index (χ4n) is 3.41. The summed E-state index contributed by atoms with van der Waals surface area (Å²) in [4.78, 5) is 41.3. The Balaban J connectivity index is 1.25. The minimum atomic E-state index is -0.347. The average Bonchev–Trinajstić information content (AvgIpc) is 3.30. The Kier molecular flexibility index (Phi) is 8.05. The van der Waals surface area contributed by atoms with Crippen LogP contribution in [0.5, 0.6) is 0 Å². The molecule has 0 radical (unpaired) electrons. The second-order valence-corrected chi connectivity index (χ2v) is 8.92. The van der Waals surface area contributed by atoms with Gasteiger partial charge < -0.3 is 16.0 Å². The lowest BCUT2D eigenvalue weighted by Crippen LogP contribution is -2.25. The summed E-state index contributed by atoms with van der Waals surface area (Å²) in [7, 11) is 0. The number of urea groups is 1. The van der Waals surface area contributed by atoms with E-state index in [-0.39, 0.29) is 24.3 Å². The number of aromatic nitrogens is 1. The van der Waals surface area contributed by atoms with Gasteiger partial charge in [0.15, 0.2) is 5.13 Å². The SMILES string of the molecule is Cc1cccc(NC(=O)Nc2cccc(CNC(=O)Cc3csc(NC(=O)c4ccccc4)n3)c2)c1. The fraction of sp³-hybridized carbons (Fsp3) is 0.111. The van der Waals surface area contributed by atoms with Crippen LogP contribution in [0.25, 0.3) is 0 Å². The van der Waals surface area contributed by atoms with Crippen molar-refractivity contribution in [2.45, 2.75) is 19.9 Å². The first kappa shape index (κ1) is 24.6. The molecule has 0 aliphatic heterocycles. The largest absolute Gasteiger partial charge is 0.352 e. The van der Waals surface area contributed by atoms with Gasteiger partial charge in [0.05, 0.1) is 12.1 Å². The summed E-state index contributed by atoms with van der Waals surface area (Å²) >= 11 is 1.27. The molecule has 0 unspecified atom stereocenters. The predicted octanol–water partition coefficient (Wildman–Crippen LogP) is 5.21. The van der Waals surface area contributed by atoms with Crippen molar-refractivity contribution in [2.75, 3.05) is 16.0 Å². The van der Waals surface area contributed by atoms with Crippen LogP contribution >= 0.6 is 11.3 Å². The molecule has 0 bridgehead atoms. The van der Waals surface area contributed by atoms with E-state index in [1.807, 2.05) is 49.4 Å². The van der Waals surface area contributed by atoms with Gasteiger partial charge in [-0.05, 0) is 54.4 Å². The van der Waals surface area contributed by atoms with Crippen LogP contribution in [-0.4, -0.2) is 22.8 Å². The number of carbonyl (C=O) groups is 3. The molecule has 0 saturated carbocycles. The monoisotopic (exact) mass is 499 g/mol. The molecule has 0 aliphatic rings. The molecule has 1 aromatic heterocycles. The molecule has 4 rings (SSSR count). The lowest BCUT2D eigenvalue weighted by Gasteiger charge is -2.10. The Bertz CT molecular complexity index is 1370. The van der Waals surface area contributed by atoms with E-state index in [2.05, 4.69) is 26.3 Å². The molecule has 4 aromatic rings. The van der Waals surface area contributed by atoms with Gasteiger partial charge >= 0.3 is 6.03 Å². The molecular formula is C27H25N5O3S. The first-order valence-electron chi connectivity index (χ1n) is 11.3. The van der Waals surface area contributed by atoms with Crippen LogP contribution in [0, 0.1) is 6.92 Å². The maximum Gasteiger partial charge on any atom is 0.323 e. The zero-order valence-corrected chi connectivity index (χ0v) is 20.4. The van der Waals surface area contributed by atoms with Crippen molar-refractivity contribution in [3.8, 4) is 0 Å². The maximum absolute atomic E-state index is 12.4. The zero-order valence-electron chi connectivity index (χ0n) is 19.6. The quantitative estimate of drug-likeness (QED) is 0.267. The molecule has 0 spiro atoms. The molecule has 0 atom stereocenters. The molecule has 4 amide bonds. The van der Waals surface area contributed by atoms with Crippen molar-refractivity contribution in [1.29, 1.82) is 0 Å². The molecule has 3 aromatic carbocycles. The van der Waals surface area contributed by atoms with E-state index < -0.39 is 0 Å². The van der Waals surface area contributed by atoms with Crippen molar-refractivity contribution in [2.24, 2.45) is 0 Å². The topological polar surface area (TPSA) is 112 Å². The summed E-state index contributed by atoms with van der Waals surface area (Å²) in [6.07, 6.45) is 0.0918. The summed E-state index contributed by atoms with van der Waals surface area (Å²) in [5, 5.41) is 13.4. The Hall–Kier alpha value is -4.50. The number of amides is 4. The number of carbonyl (C=O) groups excluding carboxylic acids is 3. The smallest absolute Gasteiger partial charge is 0.323 e. The average molecular weight is 500 g/mol. The summed E-state index contributed by atoms with van der Waals surface area (Å²) < 4.78 is 0. The Morgan fingerprint density at radius 2 is 1.56 bits per heavy atom. The highest BCUT2D eigenvalue weighted by Gasteiger charge is 2.11. The number of benzene rings is 3. The van der Waals surface area contributed by atoms with Crippen molar-refractivity contribution in [1.82, 2.24) is 10.3 Å². The minimum Gasteiger partial charge on any atom is -0.352 e. The third kappa shape index (κ3) is 7.25. The van der Waals surface area contributed by atoms with Gasteiger partial charge in [0.1, 0.15) is 0 Å². The van der Waals surface area contributed by atoms with E-state index in [0.717, 1.165) is 11.1 Å². The second kappa shape index (κ2) is 11.8. The Labute approximate surface area is 212 Å². The fourth-order valence-corrected chi connectivity index (χ4v) is 4.11. The summed E-state index contributed by atoms with van der Waals surface area (Å²) in [6.45, 7) is 2.26. The number of rotatable bonds is 8. The molecule has 8 nitrogen and oxygen atoms in total. The number of nitrogens with one attached hydrogen (secondary N) is 4.